The molecule has 4 aromatic rings. The van der Waals surface area contributed by atoms with Crippen molar-refractivity contribution in [3.8, 4) is 17.1 Å². The summed E-state index contributed by atoms with van der Waals surface area (Å²) in [6.07, 6.45) is -5.66. The smallest absolute Gasteiger partial charge is 0.434 e. The second-order valence-electron chi connectivity index (χ2n) is 11.7. The van der Waals surface area contributed by atoms with Crippen LogP contribution in [0.5, 0.6) is 5.75 Å². The maximum absolute atomic E-state index is 12.8. The van der Waals surface area contributed by atoms with Gasteiger partial charge in [0.15, 0.2) is 12.4 Å². The molecule has 15 heteroatoms. The van der Waals surface area contributed by atoms with Gasteiger partial charge in [-0.3, -0.25) is 10.1 Å². The summed E-state index contributed by atoms with van der Waals surface area (Å²) in [4.78, 5) is 46.0. The average molecular weight is 654 g/mol. The Kier molecular flexibility index (Phi) is 9.17. The number of ether oxygens (including phenoxy) is 2. The van der Waals surface area contributed by atoms with Gasteiger partial charge in [0.25, 0.3) is 0 Å². The SMILES string of the molecule is CC(C)(C)OC(=O)NC(=NC(=O)O)N1CCCC1c1nc(-c2ccc3cc(OCC(=O)c4ccc(C(F)(F)F)cc4)ccc3c2)no1. The summed E-state index contributed by atoms with van der Waals surface area (Å²) in [5.41, 5.74) is -0.910. The third kappa shape index (κ3) is 8.23. The zero-order valence-electron chi connectivity index (χ0n) is 25.5. The lowest BCUT2D eigenvalue weighted by Gasteiger charge is -2.26. The van der Waals surface area contributed by atoms with Crippen molar-refractivity contribution >= 4 is 34.7 Å². The number of nitrogens with zero attached hydrogens (tertiary/aromatic N) is 4. The third-order valence-corrected chi connectivity index (χ3v) is 7.04. The van der Waals surface area contributed by atoms with Crippen molar-refractivity contribution in [2.24, 2.45) is 4.99 Å². The van der Waals surface area contributed by atoms with E-state index < -0.39 is 41.4 Å². The van der Waals surface area contributed by atoms with Crippen LogP contribution >= 0.6 is 0 Å². The standard InChI is InChI=1S/C32H30F3N5O7/c1-31(2,3)46-30(44)38-28(37-29(42)43)40-14-4-5-24(40)27-36-26(39-47-27)21-7-6-20-16-23(13-10-19(20)15-21)45-17-25(41)18-8-11-22(12-9-18)32(33,34)35/h6-13,15-16,24H,4-5,14,17H2,1-3H3,(H,42,43)(H,37,38,44). The number of benzene rings is 3. The molecule has 1 fully saturated rings. The van der Waals surface area contributed by atoms with Crippen molar-refractivity contribution in [3.05, 3.63) is 77.7 Å². The fourth-order valence-electron chi connectivity index (χ4n) is 4.94. The van der Waals surface area contributed by atoms with E-state index >= 15 is 0 Å². The molecule has 1 unspecified atom stereocenters. The Bertz CT molecular complexity index is 1830. The van der Waals surface area contributed by atoms with E-state index in [4.69, 9.17) is 14.0 Å². The molecular weight excluding hydrogens is 623 g/mol. The predicted molar refractivity (Wildman–Crippen MR) is 162 cm³/mol. The number of ketones is 1. The summed E-state index contributed by atoms with van der Waals surface area (Å²) in [5, 5.41) is 17.4. The summed E-state index contributed by atoms with van der Waals surface area (Å²) >= 11 is 0. The Labute approximate surface area is 266 Å². The number of alkyl carbamates (subject to hydrolysis) is 1. The van der Waals surface area contributed by atoms with E-state index in [1.807, 2.05) is 6.07 Å². The molecule has 2 N–H and O–H groups in total. The molecule has 1 aromatic heterocycles. The molecule has 5 rings (SSSR count). The summed E-state index contributed by atoms with van der Waals surface area (Å²) in [6, 6.07) is 13.9. The number of hydrogen-bond donors (Lipinski definition) is 2. The third-order valence-electron chi connectivity index (χ3n) is 7.04. The maximum Gasteiger partial charge on any atom is 0.434 e. The highest BCUT2D eigenvalue weighted by Crippen LogP contribution is 2.33. The summed E-state index contributed by atoms with van der Waals surface area (Å²) in [7, 11) is 0. The Balaban J connectivity index is 1.27. The number of alkyl halides is 3. The minimum absolute atomic E-state index is 0.105. The van der Waals surface area contributed by atoms with Crippen LogP contribution in [0, 0.1) is 0 Å². The molecule has 246 valence electrons. The van der Waals surface area contributed by atoms with Gasteiger partial charge in [0.2, 0.25) is 17.7 Å². The molecule has 3 aromatic carbocycles. The van der Waals surface area contributed by atoms with E-state index in [1.54, 1.807) is 56.0 Å². The quantitative estimate of drug-likeness (QED) is 0.128. The van der Waals surface area contributed by atoms with E-state index in [0.29, 0.717) is 30.7 Å². The summed E-state index contributed by atoms with van der Waals surface area (Å²) in [6.45, 7) is 5.05. The van der Waals surface area contributed by atoms with Crippen molar-refractivity contribution in [2.75, 3.05) is 13.2 Å². The first-order chi connectivity index (χ1) is 22.2. The van der Waals surface area contributed by atoms with Gasteiger partial charge >= 0.3 is 18.4 Å². The van der Waals surface area contributed by atoms with E-state index in [0.717, 1.165) is 35.0 Å². The van der Waals surface area contributed by atoms with Crippen LogP contribution in [-0.4, -0.2) is 62.8 Å². The van der Waals surface area contributed by atoms with Crippen molar-refractivity contribution in [3.63, 3.8) is 0 Å². The van der Waals surface area contributed by atoms with Gasteiger partial charge in [-0.15, -0.1) is 4.99 Å². The number of nitrogens with one attached hydrogen (secondary N) is 1. The number of rotatable bonds is 6. The van der Waals surface area contributed by atoms with E-state index in [9.17, 15) is 32.7 Å². The lowest BCUT2D eigenvalue weighted by molar-refractivity contribution is -0.137. The van der Waals surface area contributed by atoms with E-state index in [-0.39, 0.29) is 29.8 Å². The zero-order chi connectivity index (χ0) is 33.9. The second-order valence-corrected chi connectivity index (χ2v) is 11.7. The van der Waals surface area contributed by atoms with Crippen LogP contribution in [0.15, 0.2) is 70.2 Å². The summed E-state index contributed by atoms with van der Waals surface area (Å²) in [5.74, 6) is 0.215. The number of Topliss-reactive ketones (excluding diaryl/α,β-unsaturated/α-hetero) is 1. The summed E-state index contributed by atoms with van der Waals surface area (Å²) < 4.78 is 54.8. The van der Waals surface area contributed by atoms with Gasteiger partial charge in [-0.05, 0) is 74.7 Å². The molecule has 1 aliphatic rings. The molecule has 0 bridgehead atoms. The first kappa shape index (κ1) is 32.9. The normalized spacial score (nSPS) is 15.5. The molecule has 2 heterocycles. The Morgan fingerprint density at radius 1 is 1.04 bits per heavy atom. The van der Waals surface area contributed by atoms with Gasteiger partial charge < -0.3 is 24.0 Å². The molecule has 0 spiro atoms. The number of likely N-dealkylation sites (tertiary alicyclic amines) is 1. The van der Waals surface area contributed by atoms with Gasteiger partial charge in [-0.2, -0.15) is 18.2 Å². The predicted octanol–water partition coefficient (Wildman–Crippen LogP) is 6.87. The number of carbonyl (C=O) groups is 3. The van der Waals surface area contributed by atoms with Gasteiger partial charge in [0, 0.05) is 17.7 Å². The largest absolute Gasteiger partial charge is 0.485 e. The Morgan fingerprint density at radius 2 is 1.74 bits per heavy atom. The highest BCUT2D eigenvalue weighted by molar-refractivity contribution is 5.99. The molecule has 12 nitrogen and oxygen atoms in total. The van der Waals surface area contributed by atoms with Crippen LogP contribution in [0.25, 0.3) is 22.2 Å². The number of hydrogen-bond acceptors (Lipinski definition) is 8. The Hall–Kier alpha value is -5.47. The van der Waals surface area contributed by atoms with E-state index in [1.165, 1.54) is 0 Å². The number of amides is 2. The van der Waals surface area contributed by atoms with Crippen LogP contribution < -0.4 is 10.1 Å². The second kappa shape index (κ2) is 13.1. The fourth-order valence-corrected chi connectivity index (χ4v) is 4.94. The van der Waals surface area contributed by atoms with Crippen molar-refractivity contribution in [1.82, 2.24) is 20.4 Å². The molecule has 1 atom stereocenters. The molecule has 1 aliphatic heterocycles. The van der Waals surface area contributed by atoms with Gasteiger partial charge in [0.05, 0.1) is 5.56 Å². The topological polar surface area (TPSA) is 156 Å². The zero-order valence-corrected chi connectivity index (χ0v) is 25.5. The van der Waals surface area contributed by atoms with Crippen LogP contribution in [0.4, 0.5) is 22.8 Å². The van der Waals surface area contributed by atoms with Crippen molar-refractivity contribution in [2.45, 2.75) is 51.4 Å². The molecule has 2 amide bonds. The van der Waals surface area contributed by atoms with Crippen LogP contribution in [0.2, 0.25) is 0 Å². The van der Waals surface area contributed by atoms with Gasteiger partial charge in [0.1, 0.15) is 17.4 Å². The van der Waals surface area contributed by atoms with Gasteiger partial charge in [-0.1, -0.05) is 35.5 Å². The lowest BCUT2D eigenvalue weighted by Crippen LogP contribution is -2.46. The molecule has 0 radical (unpaired) electrons. The fraction of sp³-hybridized carbons (Fsp3) is 0.312. The van der Waals surface area contributed by atoms with Crippen LogP contribution in [0.3, 0.4) is 0 Å². The number of carbonyl (C=O) groups excluding carboxylic acids is 2. The minimum Gasteiger partial charge on any atom is -0.485 e. The van der Waals surface area contributed by atoms with E-state index in [2.05, 4.69) is 20.4 Å². The molecule has 0 aliphatic carbocycles. The number of fused-ring (bicyclic) bond motifs is 1. The lowest BCUT2D eigenvalue weighted by atomic mass is 10.1. The highest BCUT2D eigenvalue weighted by Gasteiger charge is 2.35. The molecule has 1 saturated heterocycles. The number of carboxylic acid groups (broad SMARTS) is 1. The number of aliphatic imine (C=N–C) groups is 1. The minimum atomic E-state index is -4.49. The monoisotopic (exact) mass is 653 g/mol. The molecular formula is C32H30F3N5O7. The van der Waals surface area contributed by atoms with Crippen LogP contribution in [-0.2, 0) is 10.9 Å². The van der Waals surface area contributed by atoms with Crippen LogP contribution in [0.1, 0.15) is 61.5 Å². The number of halogens is 3. The Morgan fingerprint density at radius 3 is 2.43 bits per heavy atom. The number of aromatic nitrogens is 2. The first-order valence-electron chi connectivity index (χ1n) is 14.5. The highest BCUT2D eigenvalue weighted by atomic mass is 19.4. The first-order valence-corrected chi connectivity index (χ1v) is 14.5. The van der Waals surface area contributed by atoms with Crippen molar-refractivity contribution in [1.29, 1.82) is 0 Å². The average Bonchev–Trinajstić information content (AvgIpc) is 3.68. The molecule has 0 saturated carbocycles. The maximum atomic E-state index is 12.8. The van der Waals surface area contributed by atoms with Gasteiger partial charge in [-0.25, -0.2) is 9.59 Å². The molecule has 47 heavy (non-hydrogen) atoms. The number of guanidine groups is 1. The van der Waals surface area contributed by atoms with Crippen molar-refractivity contribution < 1.29 is 46.7 Å².